The van der Waals surface area contributed by atoms with Gasteiger partial charge in [0.15, 0.2) is 0 Å². The van der Waals surface area contributed by atoms with Gasteiger partial charge in [-0.25, -0.2) is 9.18 Å². The Morgan fingerprint density at radius 3 is 2.09 bits per heavy atom. The largest absolute Gasteiger partial charge is 0.462 e. The van der Waals surface area contributed by atoms with Gasteiger partial charge < -0.3 is 10.1 Å². The van der Waals surface area contributed by atoms with Gasteiger partial charge in [0.05, 0.1) is 12.6 Å². The highest BCUT2D eigenvalue weighted by Gasteiger charge is 2.37. The second kappa shape index (κ2) is 9.73. The summed E-state index contributed by atoms with van der Waals surface area (Å²) in [5, 5.41) is 2.24. The van der Waals surface area contributed by atoms with Gasteiger partial charge in [-0.15, -0.1) is 0 Å². The number of amides is 1. The highest BCUT2D eigenvalue weighted by Crippen LogP contribution is 2.29. The second-order valence-electron chi connectivity index (χ2n) is 4.52. The highest BCUT2D eigenvalue weighted by molar-refractivity contribution is 6.76. The van der Waals surface area contributed by atoms with Crippen LogP contribution in [0.4, 0.5) is 4.39 Å². The summed E-state index contributed by atoms with van der Waals surface area (Å²) >= 11 is 32.4. The third-order valence-electron chi connectivity index (χ3n) is 2.52. The van der Waals surface area contributed by atoms with E-state index in [1.54, 1.807) is 6.92 Å². The van der Waals surface area contributed by atoms with E-state index in [1.165, 1.54) is 13.0 Å². The SMILES string of the molecule is CC/C=C(\F)[C@H](NC(=O)C(Cl)(Cl)Cl)[C@@H](C)COC(=O)C(Cl)(Cl)Cl. The molecular formula is C12H14Cl6FNO3. The van der Waals surface area contributed by atoms with Gasteiger partial charge in [-0.1, -0.05) is 89.5 Å². The van der Waals surface area contributed by atoms with Crippen molar-refractivity contribution in [1.29, 1.82) is 0 Å². The molecule has 0 aliphatic heterocycles. The molecule has 0 spiro atoms. The van der Waals surface area contributed by atoms with Gasteiger partial charge in [0.1, 0.15) is 5.83 Å². The number of hydrogen-bond donors (Lipinski definition) is 1. The summed E-state index contributed by atoms with van der Waals surface area (Å²) in [4.78, 5) is 23.1. The molecular weight excluding hydrogens is 438 g/mol. The number of allylic oxidation sites excluding steroid dienone is 1. The number of halogens is 7. The van der Waals surface area contributed by atoms with Crippen molar-refractivity contribution in [1.82, 2.24) is 5.32 Å². The van der Waals surface area contributed by atoms with Gasteiger partial charge in [-0.05, 0) is 6.42 Å². The average Bonchev–Trinajstić information content (AvgIpc) is 2.39. The van der Waals surface area contributed by atoms with E-state index < -0.39 is 37.2 Å². The Morgan fingerprint density at radius 1 is 1.17 bits per heavy atom. The molecule has 23 heavy (non-hydrogen) atoms. The van der Waals surface area contributed by atoms with E-state index in [2.05, 4.69) is 5.32 Å². The summed E-state index contributed by atoms with van der Waals surface area (Å²) in [7, 11) is 0. The molecule has 0 heterocycles. The van der Waals surface area contributed by atoms with Crippen LogP contribution in [0.2, 0.25) is 0 Å². The number of carbonyl (C=O) groups excluding carboxylic acids is 2. The standard InChI is InChI=1S/C12H14Cl6FNO3/c1-3-4-7(19)8(20-9(21)11(13,14)15)6(2)5-23-10(22)12(16,17)18/h4,6,8H,3,5H2,1-2H3,(H,20,21)/b7-4-/t6-,8+/m0/s1. The lowest BCUT2D eigenvalue weighted by Crippen LogP contribution is -2.46. The first-order chi connectivity index (χ1) is 10.3. The monoisotopic (exact) mass is 449 g/mol. The molecule has 0 aliphatic carbocycles. The summed E-state index contributed by atoms with van der Waals surface area (Å²) in [6.45, 7) is 2.86. The summed E-state index contributed by atoms with van der Waals surface area (Å²) in [6, 6.07) is -1.18. The maximum atomic E-state index is 14.1. The molecule has 0 unspecified atom stereocenters. The predicted octanol–water partition coefficient (Wildman–Crippen LogP) is 4.65. The van der Waals surface area contributed by atoms with Crippen molar-refractivity contribution in [3.8, 4) is 0 Å². The fraction of sp³-hybridized carbons (Fsp3) is 0.667. The smallest absolute Gasteiger partial charge is 0.358 e. The number of ether oxygens (including phenoxy) is 1. The molecule has 11 heteroatoms. The Morgan fingerprint density at radius 2 is 1.70 bits per heavy atom. The minimum atomic E-state index is -2.27. The van der Waals surface area contributed by atoms with E-state index in [9.17, 15) is 14.0 Å². The van der Waals surface area contributed by atoms with Crippen molar-refractivity contribution in [3.05, 3.63) is 11.9 Å². The molecule has 0 saturated heterocycles. The third kappa shape index (κ3) is 8.84. The Hall–Kier alpha value is 0.350. The normalized spacial score (nSPS) is 15.8. The first-order valence-corrected chi connectivity index (χ1v) is 8.54. The molecule has 0 bridgehead atoms. The molecule has 1 amide bonds. The minimum absolute atomic E-state index is 0.331. The van der Waals surface area contributed by atoms with Crippen LogP contribution in [0.15, 0.2) is 11.9 Å². The maximum Gasteiger partial charge on any atom is 0.358 e. The summed E-state index contributed by atoms with van der Waals surface area (Å²) in [6.07, 6.45) is 1.60. The van der Waals surface area contributed by atoms with Crippen LogP contribution in [0.25, 0.3) is 0 Å². The van der Waals surface area contributed by atoms with Crippen molar-refractivity contribution in [2.24, 2.45) is 5.92 Å². The number of alkyl halides is 6. The lowest BCUT2D eigenvalue weighted by molar-refractivity contribution is -0.144. The summed E-state index contributed by atoms with van der Waals surface area (Å²) < 4.78 is 14.4. The van der Waals surface area contributed by atoms with Crippen LogP contribution in [0, 0.1) is 5.92 Å². The molecule has 0 saturated carbocycles. The number of carbonyl (C=O) groups is 2. The van der Waals surface area contributed by atoms with Crippen LogP contribution in [-0.2, 0) is 14.3 Å². The predicted molar refractivity (Wildman–Crippen MR) is 92.1 cm³/mol. The van der Waals surface area contributed by atoms with Gasteiger partial charge in [-0.3, -0.25) is 4.79 Å². The Labute approximate surface area is 163 Å². The van der Waals surface area contributed by atoms with Gasteiger partial charge in [0.2, 0.25) is 0 Å². The number of nitrogens with one attached hydrogen (secondary N) is 1. The second-order valence-corrected chi connectivity index (χ2v) is 9.08. The lowest BCUT2D eigenvalue weighted by atomic mass is 10.0. The molecule has 0 radical (unpaired) electrons. The lowest BCUT2D eigenvalue weighted by Gasteiger charge is -2.25. The van der Waals surface area contributed by atoms with Crippen molar-refractivity contribution in [2.75, 3.05) is 6.61 Å². The van der Waals surface area contributed by atoms with Crippen LogP contribution in [0.1, 0.15) is 20.3 Å². The Bertz CT molecular complexity index is 461. The molecule has 0 aromatic carbocycles. The van der Waals surface area contributed by atoms with Crippen molar-refractivity contribution in [2.45, 2.75) is 33.9 Å². The van der Waals surface area contributed by atoms with E-state index in [0.29, 0.717) is 6.42 Å². The third-order valence-corrected chi connectivity index (χ3v) is 3.50. The number of rotatable bonds is 6. The quantitative estimate of drug-likeness (QED) is 0.472. The average molecular weight is 452 g/mol. The topological polar surface area (TPSA) is 55.4 Å². The zero-order chi connectivity index (χ0) is 18.4. The fourth-order valence-corrected chi connectivity index (χ4v) is 1.74. The Balaban J connectivity index is 5.04. The highest BCUT2D eigenvalue weighted by atomic mass is 35.6. The summed E-state index contributed by atoms with van der Waals surface area (Å²) in [5.41, 5.74) is 0. The van der Waals surface area contributed by atoms with Gasteiger partial charge >= 0.3 is 5.97 Å². The summed E-state index contributed by atoms with van der Waals surface area (Å²) in [5.74, 6) is -3.54. The Kier molecular flexibility index (Phi) is 9.88. The molecule has 0 rings (SSSR count). The zero-order valence-corrected chi connectivity index (χ0v) is 16.6. The number of hydrogen-bond acceptors (Lipinski definition) is 3. The molecule has 4 nitrogen and oxygen atoms in total. The molecule has 0 aliphatic rings. The zero-order valence-electron chi connectivity index (χ0n) is 12.0. The van der Waals surface area contributed by atoms with Crippen LogP contribution < -0.4 is 5.32 Å². The van der Waals surface area contributed by atoms with Gasteiger partial charge in [-0.2, -0.15) is 0 Å². The first-order valence-electron chi connectivity index (χ1n) is 6.27. The first kappa shape index (κ1) is 23.4. The minimum Gasteiger partial charge on any atom is -0.462 e. The van der Waals surface area contributed by atoms with Crippen molar-refractivity contribution >= 4 is 81.5 Å². The molecule has 134 valence electrons. The van der Waals surface area contributed by atoms with Crippen LogP contribution in [0.5, 0.6) is 0 Å². The van der Waals surface area contributed by atoms with Crippen LogP contribution >= 0.6 is 69.6 Å². The fourth-order valence-electron chi connectivity index (χ4n) is 1.41. The van der Waals surface area contributed by atoms with E-state index in [4.69, 9.17) is 74.3 Å². The number of esters is 1. The van der Waals surface area contributed by atoms with Gasteiger partial charge in [0, 0.05) is 5.92 Å². The van der Waals surface area contributed by atoms with E-state index in [-0.39, 0.29) is 6.61 Å². The van der Waals surface area contributed by atoms with Crippen molar-refractivity contribution in [3.63, 3.8) is 0 Å². The van der Waals surface area contributed by atoms with Crippen LogP contribution in [0.3, 0.4) is 0 Å². The van der Waals surface area contributed by atoms with E-state index >= 15 is 0 Å². The molecule has 1 N–H and O–H groups in total. The van der Waals surface area contributed by atoms with Gasteiger partial charge in [0.25, 0.3) is 13.5 Å². The molecule has 0 fully saturated rings. The van der Waals surface area contributed by atoms with Crippen LogP contribution in [-0.4, -0.2) is 32.1 Å². The molecule has 0 aromatic heterocycles. The van der Waals surface area contributed by atoms with Crippen molar-refractivity contribution < 1.29 is 18.7 Å². The molecule has 2 atom stereocenters. The molecule has 0 aromatic rings. The van der Waals surface area contributed by atoms with E-state index in [1.807, 2.05) is 0 Å². The van der Waals surface area contributed by atoms with E-state index in [0.717, 1.165) is 0 Å². The maximum absolute atomic E-state index is 14.1.